The normalized spacial score (nSPS) is 11.0. The lowest BCUT2D eigenvalue weighted by Crippen LogP contribution is -2.25. The molecule has 2 aliphatic rings. The summed E-state index contributed by atoms with van der Waals surface area (Å²) in [4.78, 5) is 26.1. The van der Waals surface area contributed by atoms with Gasteiger partial charge in [0.05, 0.1) is 16.8 Å². The largest absolute Gasteiger partial charge is 0.353 e. The minimum atomic E-state index is -0.247. The van der Waals surface area contributed by atoms with Crippen LogP contribution in [-0.4, -0.2) is 20.3 Å². The van der Waals surface area contributed by atoms with Gasteiger partial charge in [0.15, 0.2) is 0 Å². The highest BCUT2D eigenvalue weighted by Crippen LogP contribution is 2.22. The minimum absolute atomic E-state index is 0.228. The van der Waals surface area contributed by atoms with Gasteiger partial charge in [-0.1, -0.05) is 55.0 Å². The molecule has 0 saturated heterocycles. The van der Waals surface area contributed by atoms with Gasteiger partial charge >= 0.3 is 0 Å². The first-order valence-corrected chi connectivity index (χ1v) is 10.1. The molecular formula is C24H24N4O2. The first kappa shape index (κ1) is 19.6. The number of benzene rings is 2. The summed E-state index contributed by atoms with van der Waals surface area (Å²) in [5.41, 5.74) is 3.89. The Kier molecular flexibility index (Phi) is 5.48. The highest BCUT2D eigenvalue weighted by Gasteiger charge is 2.24. The zero-order valence-corrected chi connectivity index (χ0v) is 17.1. The van der Waals surface area contributed by atoms with Crippen molar-refractivity contribution >= 4 is 5.91 Å². The van der Waals surface area contributed by atoms with E-state index in [4.69, 9.17) is 0 Å². The molecule has 0 bridgehead atoms. The number of rotatable bonds is 6. The van der Waals surface area contributed by atoms with Gasteiger partial charge < -0.3 is 9.88 Å². The highest BCUT2D eigenvalue weighted by atomic mass is 16.2. The Morgan fingerprint density at radius 1 is 1.03 bits per heavy atom. The van der Waals surface area contributed by atoms with E-state index in [-0.39, 0.29) is 11.5 Å². The van der Waals surface area contributed by atoms with E-state index in [2.05, 4.69) is 17.3 Å². The molecule has 0 aliphatic carbocycles. The molecule has 2 aliphatic heterocycles. The van der Waals surface area contributed by atoms with Crippen molar-refractivity contribution in [3.05, 3.63) is 94.0 Å². The van der Waals surface area contributed by atoms with Gasteiger partial charge in [0, 0.05) is 25.5 Å². The number of pyridine rings is 1. The van der Waals surface area contributed by atoms with Gasteiger partial charge in [-0.25, -0.2) is 0 Å². The Bertz CT molecular complexity index is 1190. The molecule has 0 unspecified atom stereocenters. The topological polar surface area (TPSA) is 68.9 Å². The van der Waals surface area contributed by atoms with E-state index in [0.717, 1.165) is 12.0 Å². The van der Waals surface area contributed by atoms with Gasteiger partial charge in [-0.05, 0) is 31.0 Å². The molecule has 2 aromatic carbocycles. The van der Waals surface area contributed by atoms with Crippen molar-refractivity contribution in [2.45, 2.75) is 33.4 Å². The summed E-state index contributed by atoms with van der Waals surface area (Å²) in [6, 6.07) is 17.3. The highest BCUT2D eigenvalue weighted by molar-refractivity contribution is 5.99. The van der Waals surface area contributed by atoms with E-state index >= 15 is 0 Å². The predicted octanol–water partition coefficient (Wildman–Crippen LogP) is 3.79. The summed E-state index contributed by atoms with van der Waals surface area (Å²) in [6.45, 7) is 5.20. The maximum absolute atomic E-state index is 13.0. The average Bonchev–Trinajstić information content (AvgIpc) is 3.10. The number of para-hydroxylation sites is 1. The number of amides is 1. The second-order valence-corrected chi connectivity index (χ2v) is 7.39. The van der Waals surface area contributed by atoms with E-state index in [1.165, 1.54) is 10.2 Å². The van der Waals surface area contributed by atoms with Gasteiger partial charge in [-0.15, -0.1) is 0 Å². The van der Waals surface area contributed by atoms with Crippen LogP contribution >= 0.6 is 0 Å². The average molecular weight is 400 g/mol. The fourth-order valence-electron chi connectivity index (χ4n) is 3.44. The molecule has 2 aromatic rings. The molecule has 0 radical (unpaired) electrons. The second kappa shape index (κ2) is 8.37. The lowest BCUT2D eigenvalue weighted by Gasteiger charge is -2.12. The standard InChI is InChI=1S/C24H24N4O2/c1-3-13-27-15-20(23(29)25-14-18-11-9-17(2)10-12-18)22-21(16-27)24(30)28(26-22)19-7-5-4-6-8-19/h4-12,15-16H,3,13-14H2,1-2H3,(H,25,29). The van der Waals surface area contributed by atoms with Crippen LogP contribution in [-0.2, 0) is 13.1 Å². The molecule has 30 heavy (non-hydrogen) atoms. The van der Waals surface area contributed by atoms with Crippen molar-refractivity contribution < 1.29 is 4.79 Å². The number of nitrogens with one attached hydrogen (secondary N) is 1. The van der Waals surface area contributed by atoms with Gasteiger partial charge in [0.2, 0.25) is 0 Å². The maximum Gasteiger partial charge on any atom is 0.282 e. The molecule has 0 fully saturated rings. The number of hydrogen-bond donors (Lipinski definition) is 1. The van der Waals surface area contributed by atoms with Crippen LogP contribution in [0.25, 0.3) is 16.9 Å². The molecule has 0 saturated carbocycles. The smallest absolute Gasteiger partial charge is 0.282 e. The minimum Gasteiger partial charge on any atom is -0.353 e. The van der Waals surface area contributed by atoms with Crippen molar-refractivity contribution in [1.82, 2.24) is 19.7 Å². The summed E-state index contributed by atoms with van der Waals surface area (Å²) in [5, 5.41) is 7.46. The van der Waals surface area contributed by atoms with Crippen LogP contribution in [0.2, 0.25) is 0 Å². The first-order valence-electron chi connectivity index (χ1n) is 10.1. The summed E-state index contributed by atoms with van der Waals surface area (Å²) in [6.07, 6.45) is 4.45. The Hall–Kier alpha value is -3.67. The molecule has 0 atom stereocenters. The first-order chi connectivity index (χ1) is 14.6. The Morgan fingerprint density at radius 2 is 1.77 bits per heavy atom. The van der Waals surface area contributed by atoms with Crippen molar-refractivity contribution in [3.63, 3.8) is 0 Å². The van der Waals surface area contributed by atoms with Crippen LogP contribution < -0.4 is 10.9 Å². The fourth-order valence-corrected chi connectivity index (χ4v) is 3.44. The molecule has 0 spiro atoms. The van der Waals surface area contributed by atoms with Gasteiger partial charge in [-0.3, -0.25) is 9.59 Å². The second-order valence-electron chi connectivity index (χ2n) is 7.39. The van der Waals surface area contributed by atoms with E-state index in [0.29, 0.717) is 35.6 Å². The lowest BCUT2D eigenvalue weighted by atomic mass is 10.1. The lowest BCUT2D eigenvalue weighted by molar-refractivity contribution is 0.0950. The summed E-state index contributed by atoms with van der Waals surface area (Å²) < 4.78 is 3.25. The van der Waals surface area contributed by atoms with E-state index < -0.39 is 0 Å². The fraction of sp³-hybridized carbons (Fsp3) is 0.208. The molecule has 1 N–H and O–H groups in total. The molecule has 152 valence electrons. The molecule has 0 aromatic heterocycles. The summed E-state index contributed by atoms with van der Waals surface area (Å²) in [7, 11) is 0. The third kappa shape index (κ3) is 3.89. The molecule has 1 amide bonds. The van der Waals surface area contributed by atoms with Crippen LogP contribution in [0, 0.1) is 6.92 Å². The molecular weight excluding hydrogens is 376 g/mol. The van der Waals surface area contributed by atoms with Crippen LogP contribution in [0.5, 0.6) is 0 Å². The maximum atomic E-state index is 13.0. The summed E-state index contributed by atoms with van der Waals surface area (Å²) >= 11 is 0. The van der Waals surface area contributed by atoms with Gasteiger partial charge in [0.1, 0.15) is 5.69 Å². The van der Waals surface area contributed by atoms with E-state index in [1.54, 1.807) is 12.4 Å². The Balaban J connectivity index is 1.72. The molecule has 2 heterocycles. The molecule has 6 nitrogen and oxygen atoms in total. The zero-order chi connectivity index (χ0) is 21.1. The quantitative estimate of drug-likeness (QED) is 0.535. The van der Waals surface area contributed by atoms with Crippen molar-refractivity contribution in [3.8, 4) is 16.9 Å². The van der Waals surface area contributed by atoms with Gasteiger partial charge in [-0.2, -0.15) is 9.78 Å². The molecule has 6 heteroatoms. The number of hydrogen-bond acceptors (Lipinski definition) is 3. The summed E-state index contributed by atoms with van der Waals surface area (Å²) in [5.74, 6) is -0.247. The van der Waals surface area contributed by atoms with Gasteiger partial charge in [0.25, 0.3) is 11.5 Å². The monoisotopic (exact) mass is 400 g/mol. The third-order valence-electron chi connectivity index (χ3n) is 5.02. The van der Waals surface area contributed by atoms with Crippen molar-refractivity contribution in [2.75, 3.05) is 0 Å². The van der Waals surface area contributed by atoms with E-state index in [9.17, 15) is 9.59 Å². The Morgan fingerprint density at radius 3 is 2.47 bits per heavy atom. The van der Waals surface area contributed by atoms with Crippen LogP contribution in [0.15, 0.2) is 71.8 Å². The predicted molar refractivity (Wildman–Crippen MR) is 117 cm³/mol. The number of carbonyl (C=O) groups excluding carboxylic acids is 1. The van der Waals surface area contributed by atoms with Crippen molar-refractivity contribution in [2.24, 2.45) is 0 Å². The third-order valence-corrected chi connectivity index (χ3v) is 5.02. The zero-order valence-electron chi connectivity index (χ0n) is 17.1. The number of nitrogens with zero attached hydrogens (tertiary/aromatic N) is 3. The van der Waals surface area contributed by atoms with Crippen LogP contribution in [0.4, 0.5) is 0 Å². The number of carbonyl (C=O) groups is 1. The van der Waals surface area contributed by atoms with Crippen LogP contribution in [0.1, 0.15) is 34.8 Å². The number of aryl methyl sites for hydroxylation is 2. The molecule has 4 rings (SSSR count). The Labute approximate surface area is 175 Å². The van der Waals surface area contributed by atoms with Crippen LogP contribution in [0.3, 0.4) is 0 Å². The number of fused-ring (bicyclic) bond motifs is 1. The number of aromatic nitrogens is 3. The van der Waals surface area contributed by atoms with E-state index in [1.807, 2.05) is 66.1 Å². The SMILES string of the molecule is CCCn1cc(C(=O)NCc2ccc(C)cc2)c2nn(-c3ccccc3)c(=O)c-2c1. The van der Waals surface area contributed by atoms with Crippen molar-refractivity contribution in [1.29, 1.82) is 0 Å².